The van der Waals surface area contributed by atoms with Crippen LogP contribution in [0.25, 0.3) is 11.4 Å². The van der Waals surface area contributed by atoms with E-state index >= 15 is 0 Å². The van der Waals surface area contributed by atoms with Gasteiger partial charge in [-0.15, -0.1) is 0 Å². The summed E-state index contributed by atoms with van der Waals surface area (Å²) in [6.45, 7) is 0. The number of nitrogens with zero attached hydrogens (tertiary/aromatic N) is 1. The Morgan fingerprint density at radius 3 is 2.73 bits per heavy atom. The molecule has 0 fully saturated rings. The number of hydrogen-bond acceptors (Lipinski definition) is 2. The molecule has 1 heterocycles. The van der Waals surface area contributed by atoms with E-state index in [4.69, 9.17) is 0 Å². The predicted octanol–water partition coefficient (Wildman–Crippen LogP) is 3.07. The second-order valence-electron chi connectivity index (χ2n) is 4.59. The molecule has 2 aromatic carbocycles. The van der Waals surface area contributed by atoms with Gasteiger partial charge in [-0.2, -0.15) is 0 Å². The van der Waals surface area contributed by atoms with E-state index in [9.17, 15) is 4.79 Å². The molecule has 1 aromatic heterocycles. The first kappa shape index (κ1) is 13.7. The third-order valence-electron chi connectivity index (χ3n) is 2.99. The van der Waals surface area contributed by atoms with Gasteiger partial charge in [-0.3, -0.25) is 4.79 Å². The molecule has 0 unspecified atom stereocenters. The van der Waals surface area contributed by atoms with Gasteiger partial charge in [0.25, 0.3) is 0 Å². The normalized spacial score (nSPS) is 9.64. The van der Waals surface area contributed by atoms with Crippen molar-refractivity contribution in [3.63, 3.8) is 0 Å². The zero-order valence-electron chi connectivity index (χ0n) is 11.7. The molecule has 0 spiro atoms. The molecule has 106 valence electrons. The lowest BCUT2D eigenvalue weighted by Crippen LogP contribution is -2.08. The first-order valence-electron chi connectivity index (χ1n) is 6.79. The lowest BCUT2D eigenvalue weighted by atomic mass is 10.2. The van der Waals surface area contributed by atoms with Gasteiger partial charge in [0.05, 0.1) is 0 Å². The number of rotatable bonds is 2. The molecule has 2 N–H and O–H groups in total. The van der Waals surface area contributed by atoms with Crippen LogP contribution in [0.1, 0.15) is 5.56 Å². The summed E-state index contributed by atoms with van der Waals surface area (Å²) in [5.74, 6) is 5.81. The number of aromatic amines is 1. The molecule has 0 radical (unpaired) electrons. The number of benzene rings is 2. The van der Waals surface area contributed by atoms with E-state index in [1.807, 2.05) is 54.6 Å². The number of carbonyl (C=O) groups excluding carboxylic acids is 1. The molecule has 3 rings (SSSR count). The number of anilines is 1. The minimum atomic E-state index is -0.347. The van der Waals surface area contributed by atoms with Gasteiger partial charge in [0, 0.05) is 35.1 Å². The summed E-state index contributed by atoms with van der Waals surface area (Å²) in [6.07, 6.45) is 3.44. The average Bonchev–Trinajstić information content (AvgIpc) is 3.09. The van der Waals surface area contributed by atoms with Crippen LogP contribution in [0.2, 0.25) is 0 Å². The third kappa shape index (κ3) is 3.41. The van der Waals surface area contributed by atoms with Crippen molar-refractivity contribution in [1.29, 1.82) is 0 Å². The smallest absolute Gasteiger partial charge is 0.300 e. The highest BCUT2D eigenvalue weighted by atomic mass is 16.1. The Morgan fingerprint density at radius 2 is 1.95 bits per heavy atom. The first-order chi connectivity index (χ1) is 10.8. The largest absolute Gasteiger partial charge is 0.345 e. The topological polar surface area (TPSA) is 57.8 Å². The highest BCUT2D eigenvalue weighted by Gasteiger charge is 2.03. The summed E-state index contributed by atoms with van der Waals surface area (Å²) in [6, 6.07) is 16.8. The van der Waals surface area contributed by atoms with E-state index in [2.05, 4.69) is 27.1 Å². The summed E-state index contributed by atoms with van der Waals surface area (Å²) in [5, 5.41) is 2.76. The lowest BCUT2D eigenvalue weighted by molar-refractivity contribution is -0.111. The van der Waals surface area contributed by atoms with Gasteiger partial charge < -0.3 is 10.3 Å². The zero-order chi connectivity index (χ0) is 15.2. The van der Waals surface area contributed by atoms with Crippen molar-refractivity contribution < 1.29 is 4.79 Å². The Morgan fingerprint density at radius 1 is 1.09 bits per heavy atom. The summed E-state index contributed by atoms with van der Waals surface area (Å²) in [5.41, 5.74) is 2.39. The van der Waals surface area contributed by atoms with Gasteiger partial charge >= 0.3 is 5.91 Å². The molecule has 4 heteroatoms. The van der Waals surface area contributed by atoms with E-state index in [1.165, 1.54) is 0 Å². The molecular formula is C18H13N3O. The van der Waals surface area contributed by atoms with Crippen LogP contribution in [-0.4, -0.2) is 15.9 Å². The number of nitrogens with one attached hydrogen (secondary N) is 2. The van der Waals surface area contributed by atoms with Crippen LogP contribution in [0.3, 0.4) is 0 Å². The Kier molecular flexibility index (Phi) is 3.98. The Labute approximate surface area is 128 Å². The van der Waals surface area contributed by atoms with Crippen LogP contribution in [0, 0.1) is 11.8 Å². The fourth-order valence-electron chi connectivity index (χ4n) is 1.98. The molecule has 4 nitrogen and oxygen atoms in total. The third-order valence-corrected chi connectivity index (χ3v) is 2.99. The number of aromatic nitrogens is 2. The van der Waals surface area contributed by atoms with Gasteiger partial charge in [-0.05, 0) is 24.3 Å². The zero-order valence-corrected chi connectivity index (χ0v) is 11.7. The van der Waals surface area contributed by atoms with Crippen molar-refractivity contribution >= 4 is 11.6 Å². The minimum absolute atomic E-state index is 0.347. The maximum absolute atomic E-state index is 11.9. The van der Waals surface area contributed by atoms with Gasteiger partial charge in [0.15, 0.2) is 0 Å². The predicted molar refractivity (Wildman–Crippen MR) is 86.0 cm³/mol. The van der Waals surface area contributed by atoms with E-state index in [-0.39, 0.29) is 5.91 Å². The first-order valence-corrected chi connectivity index (χ1v) is 6.79. The fourth-order valence-corrected chi connectivity index (χ4v) is 1.98. The van der Waals surface area contributed by atoms with Crippen molar-refractivity contribution in [3.8, 4) is 23.2 Å². The number of carbonyl (C=O) groups is 1. The molecule has 0 saturated carbocycles. The molecule has 0 saturated heterocycles. The van der Waals surface area contributed by atoms with Crippen molar-refractivity contribution in [1.82, 2.24) is 9.97 Å². The Bertz CT molecular complexity index is 828. The quantitative estimate of drug-likeness (QED) is 0.712. The standard InChI is InChI=1S/C18H13N3O/c22-17(10-9-14-5-2-1-3-6-14)21-16-8-4-7-15(13-16)18-19-11-12-20-18/h1-8,11-13H,(H,19,20)(H,21,22). The van der Waals surface area contributed by atoms with Crippen LogP contribution in [0.5, 0.6) is 0 Å². The van der Waals surface area contributed by atoms with E-state index in [1.54, 1.807) is 12.4 Å². The van der Waals surface area contributed by atoms with Crippen molar-refractivity contribution in [2.45, 2.75) is 0 Å². The van der Waals surface area contributed by atoms with E-state index < -0.39 is 0 Å². The number of amides is 1. The second kappa shape index (κ2) is 6.42. The van der Waals surface area contributed by atoms with Gasteiger partial charge in [-0.1, -0.05) is 36.3 Å². The number of hydrogen-bond donors (Lipinski definition) is 2. The SMILES string of the molecule is O=C(C#Cc1ccccc1)Nc1cccc(-c2ncc[nH]2)c1. The van der Waals surface area contributed by atoms with E-state index in [0.29, 0.717) is 5.69 Å². The van der Waals surface area contributed by atoms with E-state index in [0.717, 1.165) is 17.0 Å². The molecule has 3 aromatic rings. The molecule has 0 aliphatic heterocycles. The Balaban J connectivity index is 1.72. The minimum Gasteiger partial charge on any atom is -0.345 e. The molecule has 0 aliphatic rings. The maximum atomic E-state index is 11.9. The maximum Gasteiger partial charge on any atom is 0.300 e. The van der Waals surface area contributed by atoms with Crippen LogP contribution in [-0.2, 0) is 4.79 Å². The average molecular weight is 287 g/mol. The highest BCUT2D eigenvalue weighted by molar-refractivity contribution is 6.04. The van der Waals surface area contributed by atoms with Crippen LogP contribution in [0.4, 0.5) is 5.69 Å². The fraction of sp³-hybridized carbons (Fsp3) is 0. The monoisotopic (exact) mass is 287 g/mol. The van der Waals surface area contributed by atoms with Crippen LogP contribution in [0.15, 0.2) is 67.0 Å². The molecular weight excluding hydrogens is 274 g/mol. The van der Waals surface area contributed by atoms with Crippen molar-refractivity contribution in [2.24, 2.45) is 0 Å². The van der Waals surface area contributed by atoms with Gasteiger partial charge in [0.1, 0.15) is 5.82 Å². The Hall–Kier alpha value is -3.32. The summed E-state index contributed by atoms with van der Waals surface area (Å²) < 4.78 is 0. The summed E-state index contributed by atoms with van der Waals surface area (Å²) in [7, 11) is 0. The summed E-state index contributed by atoms with van der Waals surface area (Å²) >= 11 is 0. The van der Waals surface area contributed by atoms with Gasteiger partial charge in [-0.25, -0.2) is 4.98 Å². The number of imidazole rings is 1. The molecule has 0 atom stereocenters. The molecule has 1 amide bonds. The van der Waals surface area contributed by atoms with Crippen molar-refractivity contribution in [3.05, 3.63) is 72.6 Å². The molecule has 22 heavy (non-hydrogen) atoms. The lowest BCUT2D eigenvalue weighted by Gasteiger charge is -2.03. The highest BCUT2D eigenvalue weighted by Crippen LogP contribution is 2.18. The second-order valence-corrected chi connectivity index (χ2v) is 4.59. The van der Waals surface area contributed by atoms with Gasteiger partial charge in [0.2, 0.25) is 0 Å². The molecule has 0 aliphatic carbocycles. The number of H-pyrrole nitrogens is 1. The van der Waals surface area contributed by atoms with Crippen LogP contribution >= 0.6 is 0 Å². The van der Waals surface area contributed by atoms with Crippen LogP contribution < -0.4 is 5.32 Å². The molecule has 0 bridgehead atoms. The van der Waals surface area contributed by atoms with Crippen molar-refractivity contribution in [2.75, 3.05) is 5.32 Å². The summed E-state index contributed by atoms with van der Waals surface area (Å²) in [4.78, 5) is 19.1.